The molecular formula is C84H78N2. The smallest absolute Gasteiger partial charge is 0.0742 e. The van der Waals surface area contributed by atoms with Gasteiger partial charge in [0, 0.05) is 16.8 Å². The summed E-state index contributed by atoms with van der Waals surface area (Å²) in [5.41, 5.74) is 32.1. The first kappa shape index (κ1) is 54.9. The van der Waals surface area contributed by atoms with Gasteiger partial charge in [0.05, 0.1) is 33.6 Å². The van der Waals surface area contributed by atoms with Crippen LogP contribution in [0.15, 0.2) is 237 Å². The van der Waals surface area contributed by atoms with E-state index in [1.54, 1.807) is 0 Å². The molecule has 0 saturated heterocycles. The number of unbranched alkanes of at least 4 members (excludes halogenated alkanes) is 2. The molecule has 0 spiro atoms. The largest absolute Gasteiger partial charge is 0.310 e. The van der Waals surface area contributed by atoms with Crippen LogP contribution in [0.3, 0.4) is 0 Å². The molecule has 11 aromatic carbocycles. The molecule has 424 valence electrons. The molecule has 0 amide bonds. The zero-order valence-corrected chi connectivity index (χ0v) is 51.7. The molecule has 2 heterocycles. The van der Waals surface area contributed by atoms with E-state index >= 15 is 0 Å². The zero-order chi connectivity index (χ0) is 59.1. The summed E-state index contributed by atoms with van der Waals surface area (Å²) in [5, 5.41) is 0. The van der Waals surface area contributed by atoms with Gasteiger partial charge in [0.25, 0.3) is 0 Å². The van der Waals surface area contributed by atoms with Crippen LogP contribution in [0.1, 0.15) is 148 Å². The van der Waals surface area contributed by atoms with Crippen LogP contribution in [-0.4, -0.2) is 0 Å². The molecule has 0 radical (unpaired) electrons. The predicted octanol–water partition coefficient (Wildman–Crippen LogP) is 22.2. The molecule has 0 atom stereocenters. The van der Waals surface area contributed by atoms with Gasteiger partial charge in [-0.2, -0.15) is 0 Å². The second kappa shape index (κ2) is 21.5. The summed E-state index contributed by atoms with van der Waals surface area (Å²) in [6, 6.07) is 93.0. The van der Waals surface area contributed by atoms with E-state index in [1.165, 1.54) is 171 Å². The van der Waals surface area contributed by atoms with Crippen LogP contribution in [0.4, 0.5) is 34.1 Å². The third kappa shape index (κ3) is 8.73. The Kier molecular flexibility index (Phi) is 13.7. The van der Waals surface area contributed by atoms with Crippen LogP contribution in [-0.2, 0) is 29.1 Å². The summed E-state index contributed by atoms with van der Waals surface area (Å²) >= 11 is 0. The van der Waals surface area contributed by atoms with E-state index in [0.29, 0.717) is 0 Å². The quantitative estimate of drug-likeness (QED) is 0.114. The number of aryl methyl sites for hydroxylation is 7. The SMILES string of the molecule is CCCCc1ccc(N2c3ccc(C)cc3C(c3ccc(C)cc3)(c3ccc(C)cc3)c3cc4c(cc32)C(C)(C)c2cc3c(cc2-4)C(c2ccc(C)cc2)(c2ccc(C)cc2)c2cc(-c4ccccc4)ccc2N3c2ccc(CCCC)cc2)cc1. The number of nitrogens with zero attached hydrogens (tertiary/aromatic N) is 2. The summed E-state index contributed by atoms with van der Waals surface area (Å²) in [4.78, 5) is 5.21. The van der Waals surface area contributed by atoms with E-state index in [-0.39, 0.29) is 0 Å². The molecule has 0 aromatic heterocycles. The first-order chi connectivity index (χ1) is 41.8. The minimum atomic E-state index is -0.741. The molecule has 2 heteroatoms. The van der Waals surface area contributed by atoms with Crippen molar-refractivity contribution in [2.75, 3.05) is 9.80 Å². The Bertz CT molecular complexity index is 4240. The fourth-order valence-electron chi connectivity index (χ4n) is 15.0. The van der Waals surface area contributed by atoms with Crippen molar-refractivity contribution in [3.8, 4) is 22.3 Å². The second-order valence-electron chi connectivity index (χ2n) is 25.7. The normalized spacial score (nSPS) is 14.6. The lowest BCUT2D eigenvalue weighted by Crippen LogP contribution is -2.38. The number of hydrogen-bond donors (Lipinski definition) is 0. The Morgan fingerprint density at radius 3 is 1.06 bits per heavy atom. The van der Waals surface area contributed by atoms with Crippen molar-refractivity contribution in [1.82, 2.24) is 0 Å². The van der Waals surface area contributed by atoms with E-state index in [2.05, 4.69) is 309 Å². The summed E-state index contributed by atoms with van der Waals surface area (Å²) < 4.78 is 0. The Morgan fingerprint density at radius 1 is 0.302 bits per heavy atom. The maximum atomic E-state index is 2.66. The number of fused-ring (bicyclic) bond motifs is 7. The molecule has 0 N–H and O–H groups in total. The fraction of sp³-hybridized carbons (Fsp3) is 0.214. The van der Waals surface area contributed by atoms with Gasteiger partial charge in [-0.3, -0.25) is 0 Å². The summed E-state index contributed by atoms with van der Waals surface area (Å²) in [7, 11) is 0. The Morgan fingerprint density at radius 2 is 0.663 bits per heavy atom. The Balaban J connectivity index is 1.12. The first-order valence-corrected chi connectivity index (χ1v) is 31.6. The van der Waals surface area contributed by atoms with Gasteiger partial charge in [-0.25, -0.2) is 0 Å². The minimum absolute atomic E-state index is 0.405. The van der Waals surface area contributed by atoms with Crippen molar-refractivity contribution in [2.45, 2.75) is 117 Å². The highest BCUT2D eigenvalue weighted by molar-refractivity contribution is 5.98. The van der Waals surface area contributed by atoms with E-state index in [1.807, 2.05) is 0 Å². The maximum absolute atomic E-state index is 2.66. The topological polar surface area (TPSA) is 6.48 Å². The number of benzene rings is 11. The maximum Gasteiger partial charge on any atom is 0.0742 e. The van der Waals surface area contributed by atoms with Crippen molar-refractivity contribution < 1.29 is 0 Å². The molecule has 2 aliphatic heterocycles. The molecule has 0 bridgehead atoms. The molecule has 14 rings (SSSR count). The van der Waals surface area contributed by atoms with Crippen molar-refractivity contribution in [2.24, 2.45) is 0 Å². The van der Waals surface area contributed by atoms with E-state index in [9.17, 15) is 0 Å². The number of rotatable bonds is 13. The second-order valence-corrected chi connectivity index (χ2v) is 25.7. The molecule has 11 aromatic rings. The molecule has 1 aliphatic carbocycles. The van der Waals surface area contributed by atoms with Crippen LogP contribution >= 0.6 is 0 Å². The van der Waals surface area contributed by atoms with Crippen LogP contribution in [0.5, 0.6) is 0 Å². The van der Waals surface area contributed by atoms with Gasteiger partial charge in [-0.05, 0) is 216 Å². The molecule has 0 fully saturated rings. The molecule has 0 unspecified atom stereocenters. The Hall–Kier alpha value is -8.98. The third-order valence-corrected chi connectivity index (χ3v) is 19.7. The Labute approximate surface area is 511 Å². The van der Waals surface area contributed by atoms with Gasteiger partial charge in [-0.15, -0.1) is 0 Å². The van der Waals surface area contributed by atoms with E-state index in [4.69, 9.17) is 0 Å². The van der Waals surface area contributed by atoms with E-state index < -0.39 is 16.2 Å². The lowest BCUT2D eigenvalue weighted by atomic mass is 9.61. The highest BCUT2D eigenvalue weighted by Crippen LogP contribution is 2.65. The van der Waals surface area contributed by atoms with Crippen LogP contribution < -0.4 is 9.80 Å². The molecule has 3 aliphatic rings. The minimum Gasteiger partial charge on any atom is -0.310 e. The molecular weight excluding hydrogens is 1040 g/mol. The lowest BCUT2D eigenvalue weighted by Gasteiger charge is -2.47. The van der Waals surface area contributed by atoms with Crippen molar-refractivity contribution in [1.29, 1.82) is 0 Å². The van der Waals surface area contributed by atoms with Gasteiger partial charge in [0.1, 0.15) is 0 Å². The number of hydrogen-bond acceptors (Lipinski definition) is 2. The highest BCUT2D eigenvalue weighted by Gasteiger charge is 2.52. The summed E-state index contributed by atoms with van der Waals surface area (Å²) in [5.74, 6) is 0. The average Bonchev–Trinajstić information content (AvgIpc) is 0.951. The average molecular weight is 1120 g/mol. The summed E-state index contributed by atoms with van der Waals surface area (Å²) in [6.07, 6.45) is 6.83. The molecule has 2 nitrogen and oxygen atoms in total. The fourth-order valence-corrected chi connectivity index (χ4v) is 15.0. The standard InChI is InChI=1S/C84H78N2/c1-10-12-17-60-30-43-68(44-31-60)85-78-47-29-59(7)49-74(78)83(64-35-21-55(3)22-36-64,65-37-23-56(4)24-38-65)76-51-70-71-52-77-81(54-73(71)82(8,9)72(70)53-80(76)85)86(69-45-32-61(33-46-69)18-13-11-2)79-48-34-63(62-19-15-14-16-20-62)50-75(79)84(77,66-39-25-57(5)26-40-66)67-41-27-58(6)28-42-67/h14-16,19-54H,10-13,17-18H2,1-9H3. The van der Waals surface area contributed by atoms with Crippen molar-refractivity contribution in [3.05, 3.63) is 331 Å². The van der Waals surface area contributed by atoms with Gasteiger partial charge in [0.2, 0.25) is 0 Å². The van der Waals surface area contributed by atoms with Crippen molar-refractivity contribution in [3.63, 3.8) is 0 Å². The van der Waals surface area contributed by atoms with Crippen molar-refractivity contribution >= 4 is 34.1 Å². The van der Waals surface area contributed by atoms with Gasteiger partial charge in [0.15, 0.2) is 0 Å². The number of anilines is 6. The first-order valence-electron chi connectivity index (χ1n) is 31.6. The van der Waals surface area contributed by atoms with Gasteiger partial charge < -0.3 is 9.80 Å². The third-order valence-electron chi connectivity index (χ3n) is 19.7. The summed E-state index contributed by atoms with van der Waals surface area (Å²) in [6.45, 7) is 20.7. The van der Waals surface area contributed by atoms with Crippen LogP contribution in [0.2, 0.25) is 0 Å². The van der Waals surface area contributed by atoms with E-state index in [0.717, 1.165) is 18.5 Å². The monoisotopic (exact) mass is 1110 g/mol. The zero-order valence-electron chi connectivity index (χ0n) is 51.7. The molecule has 0 saturated carbocycles. The lowest BCUT2D eigenvalue weighted by molar-refractivity contribution is 0.656. The highest BCUT2D eigenvalue weighted by atomic mass is 15.2. The van der Waals surface area contributed by atoms with Crippen LogP contribution in [0.25, 0.3) is 22.3 Å². The van der Waals surface area contributed by atoms with Gasteiger partial charge >= 0.3 is 0 Å². The van der Waals surface area contributed by atoms with Gasteiger partial charge in [-0.1, -0.05) is 238 Å². The van der Waals surface area contributed by atoms with Crippen LogP contribution in [0, 0.1) is 34.6 Å². The predicted molar refractivity (Wildman–Crippen MR) is 363 cm³/mol. The molecule has 86 heavy (non-hydrogen) atoms.